The highest BCUT2D eigenvalue weighted by Gasteiger charge is 2.31. The molecule has 3 rings (SSSR count). The molecule has 0 radical (unpaired) electrons. The number of hydrogen-bond acceptors (Lipinski definition) is 4. The van der Waals surface area contributed by atoms with Crippen LogP contribution in [0.1, 0.15) is 5.56 Å². The lowest BCUT2D eigenvalue weighted by molar-refractivity contribution is -0.144. The van der Waals surface area contributed by atoms with Crippen molar-refractivity contribution in [1.29, 1.82) is 0 Å². The zero-order valence-electron chi connectivity index (χ0n) is 9.09. The second-order valence-electron chi connectivity index (χ2n) is 3.98. The van der Waals surface area contributed by atoms with Gasteiger partial charge in [-0.25, -0.2) is 4.79 Å². The fraction of sp³-hybridized carbons (Fsp3) is 0.167. The molecule has 0 amide bonds. The van der Waals surface area contributed by atoms with Gasteiger partial charge in [-0.05, 0) is 12.1 Å². The molecule has 5 nitrogen and oxygen atoms in total. The van der Waals surface area contributed by atoms with Crippen LogP contribution in [0.4, 0.5) is 0 Å². The minimum Gasteiger partial charge on any atom is -0.478 e. The maximum absolute atomic E-state index is 11.0. The summed E-state index contributed by atoms with van der Waals surface area (Å²) in [6, 6.07) is 5.41. The highest BCUT2D eigenvalue weighted by Crippen LogP contribution is 2.40. The number of rotatable bonds is 2. The smallest absolute Gasteiger partial charge is 0.345 e. The van der Waals surface area contributed by atoms with Gasteiger partial charge < -0.3 is 14.4 Å². The van der Waals surface area contributed by atoms with Gasteiger partial charge in [0.2, 0.25) is 0 Å². The van der Waals surface area contributed by atoms with Gasteiger partial charge in [0, 0.05) is 28.1 Å². The van der Waals surface area contributed by atoms with Gasteiger partial charge in [-0.3, -0.25) is 0 Å². The zero-order valence-corrected chi connectivity index (χ0v) is 10.7. The summed E-state index contributed by atoms with van der Waals surface area (Å²) >= 11 is 3.40. The van der Waals surface area contributed by atoms with Gasteiger partial charge in [0.15, 0.2) is 6.10 Å². The van der Waals surface area contributed by atoms with Crippen LogP contribution in [-0.4, -0.2) is 22.3 Å². The monoisotopic (exact) mass is 309 g/mol. The Labute approximate surface area is 110 Å². The van der Waals surface area contributed by atoms with E-state index in [1.54, 1.807) is 6.07 Å². The minimum absolute atomic E-state index is 0.356. The van der Waals surface area contributed by atoms with Gasteiger partial charge in [-0.15, -0.1) is 0 Å². The van der Waals surface area contributed by atoms with Gasteiger partial charge in [0.25, 0.3) is 0 Å². The first kappa shape index (κ1) is 11.3. The largest absolute Gasteiger partial charge is 0.478 e. The van der Waals surface area contributed by atoms with Crippen molar-refractivity contribution >= 4 is 21.9 Å². The number of aromatic nitrogens is 1. The van der Waals surface area contributed by atoms with Crippen LogP contribution >= 0.6 is 15.9 Å². The first-order valence-corrected chi connectivity index (χ1v) is 6.07. The van der Waals surface area contributed by atoms with Crippen molar-refractivity contribution in [1.82, 2.24) is 5.16 Å². The number of halogens is 1. The van der Waals surface area contributed by atoms with Crippen molar-refractivity contribution in [3.8, 4) is 17.0 Å². The number of benzene rings is 1. The maximum Gasteiger partial charge on any atom is 0.345 e. The number of ether oxygens (including phenoxy) is 1. The molecule has 0 saturated heterocycles. The van der Waals surface area contributed by atoms with E-state index < -0.39 is 12.1 Å². The van der Waals surface area contributed by atoms with Crippen LogP contribution in [-0.2, 0) is 11.2 Å². The Kier molecular flexibility index (Phi) is 2.59. The van der Waals surface area contributed by atoms with Gasteiger partial charge in [-0.1, -0.05) is 21.1 Å². The molecule has 1 aromatic carbocycles. The second kappa shape index (κ2) is 4.13. The summed E-state index contributed by atoms with van der Waals surface area (Å²) < 4.78 is 11.1. The molecule has 1 aliphatic heterocycles. The summed E-state index contributed by atoms with van der Waals surface area (Å²) in [7, 11) is 0. The molecule has 0 aliphatic carbocycles. The number of nitrogens with zero attached hydrogens (tertiary/aromatic N) is 1. The van der Waals surface area contributed by atoms with E-state index in [0.29, 0.717) is 17.9 Å². The normalized spacial score (nSPS) is 17.3. The number of fused-ring (bicyclic) bond motifs is 1. The van der Waals surface area contributed by atoms with Gasteiger partial charge in [0.05, 0.1) is 0 Å². The van der Waals surface area contributed by atoms with E-state index in [2.05, 4.69) is 21.1 Å². The highest BCUT2D eigenvalue weighted by atomic mass is 79.9. The standard InChI is InChI=1S/C12H8BrNO4/c13-7-3-6-4-10(12(15)16)18-11(6)8(5-7)9-1-2-17-14-9/h1-3,5,10H,4H2,(H,15,16). The lowest BCUT2D eigenvalue weighted by atomic mass is 10.0. The molecule has 1 unspecified atom stereocenters. The molecule has 0 fully saturated rings. The lowest BCUT2D eigenvalue weighted by Gasteiger charge is -2.08. The van der Waals surface area contributed by atoms with Crippen molar-refractivity contribution in [2.45, 2.75) is 12.5 Å². The van der Waals surface area contributed by atoms with E-state index in [4.69, 9.17) is 14.4 Å². The number of carbonyl (C=O) groups is 1. The van der Waals surface area contributed by atoms with Crippen molar-refractivity contribution in [3.05, 3.63) is 34.5 Å². The van der Waals surface area contributed by atoms with Crippen LogP contribution < -0.4 is 4.74 Å². The number of hydrogen-bond donors (Lipinski definition) is 1. The number of aliphatic carboxylic acids is 1. The summed E-state index contributed by atoms with van der Waals surface area (Å²) in [6.07, 6.45) is 0.987. The van der Waals surface area contributed by atoms with Gasteiger partial charge in [-0.2, -0.15) is 0 Å². The maximum atomic E-state index is 11.0. The fourth-order valence-electron chi connectivity index (χ4n) is 2.00. The second-order valence-corrected chi connectivity index (χ2v) is 4.89. The summed E-state index contributed by atoms with van der Waals surface area (Å²) in [5.74, 6) is -0.395. The fourth-order valence-corrected chi connectivity index (χ4v) is 2.51. The highest BCUT2D eigenvalue weighted by molar-refractivity contribution is 9.10. The molecule has 18 heavy (non-hydrogen) atoms. The Bertz CT molecular complexity index is 609. The Morgan fingerprint density at radius 3 is 3.00 bits per heavy atom. The van der Waals surface area contributed by atoms with Gasteiger partial charge >= 0.3 is 5.97 Å². The summed E-state index contributed by atoms with van der Waals surface area (Å²) in [5.41, 5.74) is 2.21. The average Bonchev–Trinajstić information content (AvgIpc) is 2.96. The Morgan fingerprint density at radius 2 is 2.33 bits per heavy atom. The number of carboxylic acids is 1. The predicted molar refractivity (Wildman–Crippen MR) is 65.4 cm³/mol. The van der Waals surface area contributed by atoms with Gasteiger partial charge in [0.1, 0.15) is 17.7 Å². The number of carboxylic acid groups (broad SMARTS) is 1. The van der Waals surface area contributed by atoms with E-state index in [1.807, 2.05) is 12.1 Å². The van der Waals surface area contributed by atoms with Crippen molar-refractivity contribution in [2.75, 3.05) is 0 Å². The molecule has 2 aromatic rings. The Morgan fingerprint density at radius 1 is 1.50 bits per heavy atom. The third-order valence-corrected chi connectivity index (χ3v) is 3.24. The summed E-state index contributed by atoms with van der Waals surface area (Å²) in [5, 5.41) is 12.9. The van der Waals surface area contributed by atoms with Crippen LogP contribution in [0.3, 0.4) is 0 Å². The Hall–Kier alpha value is -1.82. The molecule has 2 heterocycles. The minimum atomic E-state index is -0.964. The van der Waals surface area contributed by atoms with Crippen LogP contribution in [0.15, 0.2) is 33.5 Å². The first-order chi connectivity index (χ1) is 8.65. The van der Waals surface area contributed by atoms with E-state index in [1.165, 1.54) is 6.26 Å². The van der Waals surface area contributed by atoms with Crippen LogP contribution in [0.2, 0.25) is 0 Å². The van der Waals surface area contributed by atoms with Crippen LogP contribution in [0.5, 0.6) is 5.75 Å². The molecule has 6 heteroatoms. The van der Waals surface area contributed by atoms with Crippen molar-refractivity contribution in [3.63, 3.8) is 0 Å². The topological polar surface area (TPSA) is 72.6 Å². The zero-order chi connectivity index (χ0) is 12.7. The van der Waals surface area contributed by atoms with E-state index in [9.17, 15) is 4.79 Å². The van der Waals surface area contributed by atoms with Crippen molar-refractivity contribution < 1.29 is 19.2 Å². The first-order valence-electron chi connectivity index (χ1n) is 5.28. The quantitative estimate of drug-likeness (QED) is 0.922. The third-order valence-electron chi connectivity index (χ3n) is 2.79. The molecule has 0 saturated carbocycles. The molecule has 1 atom stereocenters. The summed E-state index contributed by atoms with van der Waals surface area (Å²) in [6.45, 7) is 0. The van der Waals surface area contributed by atoms with E-state index >= 15 is 0 Å². The molecule has 92 valence electrons. The molecule has 0 bridgehead atoms. The Balaban J connectivity index is 2.11. The predicted octanol–water partition coefficient (Wildman–Crippen LogP) is 2.49. The van der Waals surface area contributed by atoms with Crippen LogP contribution in [0, 0.1) is 0 Å². The van der Waals surface area contributed by atoms with Crippen LogP contribution in [0.25, 0.3) is 11.3 Å². The molecule has 1 aliphatic rings. The molecular weight excluding hydrogens is 302 g/mol. The SMILES string of the molecule is O=C(O)C1Cc2cc(Br)cc(-c3ccon3)c2O1. The third kappa shape index (κ3) is 1.78. The molecular formula is C12H8BrNO4. The summed E-state index contributed by atoms with van der Waals surface area (Å²) in [4.78, 5) is 11.0. The molecule has 0 spiro atoms. The van der Waals surface area contributed by atoms with E-state index in [0.717, 1.165) is 15.6 Å². The van der Waals surface area contributed by atoms with Crippen molar-refractivity contribution in [2.24, 2.45) is 0 Å². The van der Waals surface area contributed by atoms with E-state index in [-0.39, 0.29) is 0 Å². The molecule has 1 aromatic heterocycles. The molecule has 1 N–H and O–H groups in total. The lowest BCUT2D eigenvalue weighted by Crippen LogP contribution is -2.24. The average molecular weight is 310 g/mol.